The van der Waals surface area contributed by atoms with Gasteiger partial charge in [-0.25, -0.2) is 8.42 Å². The molecule has 0 aliphatic carbocycles. The summed E-state index contributed by atoms with van der Waals surface area (Å²) in [6.07, 6.45) is 5.80. The van der Waals surface area contributed by atoms with Crippen LogP contribution in [0.1, 0.15) is 19.3 Å². The van der Waals surface area contributed by atoms with Gasteiger partial charge in [0.05, 0.1) is 6.26 Å². The normalized spacial score (nSPS) is 9.92. The van der Waals surface area contributed by atoms with Crippen LogP contribution in [0, 0.1) is 0 Å². The number of rotatable bonds is 4. The second-order valence-corrected chi connectivity index (χ2v) is 5.23. The fourth-order valence-electron chi connectivity index (χ4n) is 0.400. The molecule has 5 heteroatoms. The van der Waals surface area contributed by atoms with Crippen molar-refractivity contribution in [1.29, 1.82) is 0 Å². The Morgan fingerprint density at radius 2 is 1.92 bits per heavy atom. The van der Waals surface area contributed by atoms with Gasteiger partial charge in [0, 0.05) is 17.3 Å². The zero-order valence-electron chi connectivity index (χ0n) is 7.16. The molecule has 0 aromatic rings. The topological polar surface area (TPSA) is 54.4 Å². The highest BCUT2D eigenvalue weighted by molar-refractivity contribution is 8.13. The summed E-state index contributed by atoms with van der Waals surface area (Å²) in [5.74, 6) is 0. The largest absolute Gasteiger partial charge is 0.396 e. The van der Waals surface area contributed by atoms with E-state index >= 15 is 0 Å². The van der Waals surface area contributed by atoms with Gasteiger partial charge >= 0.3 is 0 Å². The molecule has 0 unspecified atom stereocenters. The van der Waals surface area contributed by atoms with Crippen LogP contribution < -0.4 is 0 Å². The third-order valence-corrected chi connectivity index (χ3v) is 0.816. The maximum absolute atomic E-state index is 9.40. The molecule has 0 saturated heterocycles. The number of aliphatic hydroxyl groups excluding tert-OH is 1. The van der Waals surface area contributed by atoms with Gasteiger partial charge in [0.15, 0.2) is 0 Å². The predicted molar refractivity (Wildman–Crippen MR) is 51.8 cm³/mol. The molecular weight excluding hydrogens is 200 g/mol. The highest BCUT2D eigenvalue weighted by Gasteiger charge is 1.83. The van der Waals surface area contributed by atoms with E-state index in [4.69, 9.17) is 5.11 Å². The van der Waals surface area contributed by atoms with E-state index in [-0.39, 0.29) is 0 Å². The quantitative estimate of drug-likeness (QED) is 0.439. The summed E-state index contributed by atoms with van der Waals surface area (Å²) in [6, 6.07) is 0. The Morgan fingerprint density at radius 3 is 2.17 bits per heavy atom. The zero-order chi connectivity index (χ0) is 10.0. The Labute approximate surface area is 78.5 Å². The van der Waals surface area contributed by atoms with Gasteiger partial charge in [0.1, 0.15) is 0 Å². The molecule has 0 radical (unpaired) electrons. The summed E-state index contributed by atoms with van der Waals surface area (Å²) >= 11 is 0. The lowest BCUT2D eigenvalue weighted by Gasteiger charge is -1.87. The van der Waals surface area contributed by atoms with Crippen LogP contribution in [0.2, 0.25) is 0 Å². The van der Waals surface area contributed by atoms with Crippen molar-refractivity contribution in [2.45, 2.75) is 19.3 Å². The SMILES string of the molecule is C=CCCCCO.CS(=O)(=O)Cl. The summed E-state index contributed by atoms with van der Waals surface area (Å²) in [4.78, 5) is 0. The highest BCUT2D eigenvalue weighted by atomic mass is 35.7. The number of unbranched alkanes of at least 4 members (excludes halogenated alkanes) is 2. The summed E-state index contributed by atoms with van der Waals surface area (Å²) in [5.41, 5.74) is 0. The van der Waals surface area contributed by atoms with E-state index in [1.165, 1.54) is 0 Å². The Balaban J connectivity index is 0. The summed E-state index contributed by atoms with van der Waals surface area (Å²) in [5, 5.41) is 8.26. The molecule has 0 saturated carbocycles. The van der Waals surface area contributed by atoms with Gasteiger partial charge in [-0.1, -0.05) is 6.08 Å². The minimum absolute atomic E-state index is 0.313. The van der Waals surface area contributed by atoms with Crippen LogP contribution in [-0.4, -0.2) is 26.4 Å². The van der Waals surface area contributed by atoms with Crippen molar-refractivity contribution in [3.8, 4) is 0 Å². The maximum Gasteiger partial charge on any atom is 0.229 e. The van der Waals surface area contributed by atoms with Gasteiger partial charge in [-0.05, 0) is 19.3 Å². The van der Waals surface area contributed by atoms with Crippen molar-refractivity contribution < 1.29 is 13.5 Å². The number of aliphatic hydroxyl groups is 1. The average molecular weight is 215 g/mol. The average Bonchev–Trinajstić information content (AvgIpc) is 1.85. The van der Waals surface area contributed by atoms with Crippen LogP contribution in [-0.2, 0) is 9.05 Å². The molecule has 74 valence electrons. The van der Waals surface area contributed by atoms with E-state index in [0.29, 0.717) is 6.61 Å². The zero-order valence-corrected chi connectivity index (χ0v) is 8.74. The van der Waals surface area contributed by atoms with Crippen LogP contribution in [0.3, 0.4) is 0 Å². The van der Waals surface area contributed by atoms with Crippen molar-refractivity contribution in [1.82, 2.24) is 0 Å². The van der Waals surface area contributed by atoms with Gasteiger partial charge < -0.3 is 5.11 Å². The first-order valence-corrected chi connectivity index (χ1v) is 6.25. The molecule has 0 fully saturated rings. The van der Waals surface area contributed by atoms with Gasteiger partial charge in [0.2, 0.25) is 9.05 Å². The van der Waals surface area contributed by atoms with Crippen molar-refractivity contribution in [3.63, 3.8) is 0 Å². The van der Waals surface area contributed by atoms with E-state index in [1.807, 2.05) is 6.08 Å². The third-order valence-electron chi connectivity index (χ3n) is 0.816. The second kappa shape index (κ2) is 9.03. The predicted octanol–water partition coefficient (Wildman–Crippen LogP) is 1.52. The molecule has 0 heterocycles. The van der Waals surface area contributed by atoms with E-state index in [9.17, 15) is 8.42 Å². The van der Waals surface area contributed by atoms with Crippen LogP contribution in [0.15, 0.2) is 12.7 Å². The molecule has 12 heavy (non-hydrogen) atoms. The van der Waals surface area contributed by atoms with Crippen LogP contribution in [0.5, 0.6) is 0 Å². The fourth-order valence-corrected chi connectivity index (χ4v) is 0.400. The minimum atomic E-state index is -3.19. The summed E-state index contributed by atoms with van der Waals surface area (Å²) in [6.45, 7) is 3.86. The number of halogens is 1. The maximum atomic E-state index is 9.40. The smallest absolute Gasteiger partial charge is 0.229 e. The van der Waals surface area contributed by atoms with E-state index in [2.05, 4.69) is 17.3 Å². The van der Waals surface area contributed by atoms with E-state index in [0.717, 1.165) is 25.5 Å². The first kappa shape index (κ1) is 14.5. The van der Waals surface area contributed by atoms with Gasteiger partial charge in [-0.2, -0.15) is 0 Å². The van der Waals surface area contributed by atoms with Crippen molar-refractivity contribution in [2.24, 2.45) is 0 Å². The van der Waals surface area contributed by atoms with Crippen LogP contribution in [0.4, 0.5) is 0 Å². The second-order valence-electron chi connectivity index (χ2n) is 2.19. The standard InChI is InChI=1S/C6H12O.CH3ClO2S/c1-2-3-4-5-6-7;1-5(2,3)4/h2,7H,1,3-6H2;1H3. The van der Waals surface area contributed by atoms with Crippen LogP contribution in [0.25, 0.3) is 0 Å². The number of hydrogen-bond acceptors (Lipinski definition) is 3. The Bertz CT molecular complexity index is 179. The fraction of sp³-hybridized carbons (Fsp3) is 0.714. The van der Waals surface area contributed by atoms with Crippen LogP contribution >= 0.6 is 10.7 Å². The highest BCUT2D eigenvalue weighted by Crippen LogP contribution is 1.92. The lowest BCUT2D eigenvalue weighted by Crippen LogP contribution is -1.79. The molecule has 0 rings (SSSR count). The molecule has 1 N–H and O–H groups in total. The molecule has 0 aromatic heterocycles. The van der Waals surface area contributed by atoms with E-state index < -0.39 is 9.05 Å². The molecule has 0 spiro atoms. The molecule has 0 aliphatic heterocycles. The molecule has 0 atom stereocenters. The molecule has 0 bridgehead atoms. The molecule has 0 aliphatic rings. The number of hydrogen-bond donors (Lipinski definition) is 1. The Hall–Kier alpha value is -0.0600. The molecule has 3 nitrogen and oxygen atoms in total. The van der Waals surface area contributed by atoms with Crippen molar-refractivity contribution in [3.05, 3.63) is 12.7 Å². The first-order valence-electron chi connectivity index (χ1n) is 3.53. The third kappa shape index (κ3) is 51.2. The Kier molecular flexibility index (Phi) is 10.9. The van der Waals surface area contributed by atoms with Gasteiger partial charge in [0.25, 0.3) is 0 Å². The number of allylic oxidation sites excluding steroid dienone is 1. The molecular formula is C7H15ClO3S. The minimum Gasteiger partial charge on any atom is -0.396 e. The summed E-state index contributed by atoms with van der Waals surface area (Å²) in [7, 11) is 1.31. The van der Waals surface area contributed by atoms with Gasteiger partial charge in [-0.3, -0.25) is 0 Å². The van der Waals surface area contributed by atoms with Crippen molar-refractivity contribution >= 4 is 19.7 Å². The Morgan fingerprint density at radius 1 is 1.50 bits per heavy atom. The molecule has 0 aromatic carbocycles. The lowest BCUT2D eigenvalue weighted by atomic mass is 10.2. The first-order chi connectivity index (χ1) is 5.41. The van der Waals surface area contributed by atoms with E-state index in [1.54, 1.807) is 0 Å². The molecule has 0 amide bonds. The lowest BCUT2D eigenvalue weighted by molar-refractivity contribution is 0.285. The van der Waals surface area contributed by atoms with Gasteiger partial charge in [-0.15, -0.1) is 6.58 Å². The van der Waals surface area contributed by atoms with Crippen molar-refractivity contribution in [2.75, 3.05) is 12.9 Å². The monoisotopic (exact) mass is 214 g/mol. The summed E-state index contributed by atoms with van der Waals surface area (Å²) < 4.78 is 18.8.